The minimum Gasteiger partial charge on any atom is -0.462 e. The predicted octanol–water partition coefficient (Wildman–Crippen LogP) is 4.97. The molecule has 108 valence electrons. The summed E-state index contributed by atoms with van der Waals surface area (Å²) in [5.41, 5.74) is 1.87. The molecule has 0 heterocycles. The molecule has 0 N–H and O–H groups in total. The lowest BCUT2D eigenvalue weighted by molar-refractivity contribution is -0.138. The summed E-state index contributed by atoms with van der Waals surface area (Å²) in [7, 11) is 0. The summed E-state index contributed by atoms with van der Waals surface area (Å²) < 4.78 is 5.23. The summed E-state index contributed by atoms with van der Waals surface area (Å²) in [5.74, 6) is -0.179. The average Bonchev–Trinajstić information content (AvgIpc) is 2.42. The van der Waals surface area contributed by atoms with Crippen LogP contribution in [0.2, 0.25) is 0 Å². The Bertz CT molecular complexity index is 335. The second kappa shape index (κ2) is 11.8. The lowest BCUT2D eigenvalue weighted by atomic mass is 10.1. The van der Waals surface area contributed by atoms with Crippen LogP contribution in [0.25, 0.3) is 0 Å². The first kappa shape index (κ1) is 17.7. The van der Waals surface area contributed by atoms with E-state index >= 15 is 0 Å². The minimum absolute atomic E-state index is 0.179. The number of carbonyl (C=O) groups excluding carboxylic acids is 1. The van der Waals surface area contributed by atoms with Crippen molar-refractivity contribution in [3.05, 3.63) is 35.5 Å². The summed E-state index contributed by atoms with van der Waals surface area (Å²) in [6.45, 7) is 8.53. The molecule has 0 aromatic carbocycles. The van der Waals surface area contributed by atoms with Crippen molar-refractivity contribution in [3.8, 4) is 0 Å². The number of rotatable bonds is 9. The van der Waals surface area contributed by atoms with E-state index in [0.717, 1.165) is 43.3 Å². The van der Waals surface area contributed by atoms with Gasteiger partial charge in [0.1, 0.15) is 0 Å². The van der Waals surface area contributed by atoms with E-state index in [1.807, 2.05) is 13.8 Å². The van der Waals surface area contributed by atoms with Gasteiger partial charge in [-0.05, 0) is 46.0 Å². The van der Waals surface area contributed by atoms with Gasteiger partial charge in [-0.15, -0.1) is 0 Å². The van der Waals surface area contributed by atoms with Gasteiger partial charge < -0.3 is 4.74 Å². The van der Waals surface area contributed by atoms with Crippen LogP contribution in [-0.2, 0) is 9.53 Å². The topological polar surface area (TPSA) is 26.3 Å². The van der Waals surface area contributed by atoms with Crippen molar-refractivity contribution >= 4 is 5.97 Å². The molecule has 0 bridgehead atoms. The number of allylic oxidation sites excluding steroid dienone is 4. The molecule has 0 aromatic heterocycles. The summed E-state index contributed by atoms with van der Waals surface area (Å²) in [5, 5.41) is 0. The summed E-state index contributed by atoms with van der Waals surface area (Å²) >= 11 is 0. The van der Waals surface area contributed by atoms with Crippen molar-refractivity contribution in [3.63, 3.8) is 0 Å². The van der Waals surface area contributed by atoms with Crippen molar-refractivity contribution in [2.45, 2.75) is 59.8 Å². The van der Waals surface area contributed by atoms with Crippen LogP contribution in [0.5, 0.6) is 0 Å². The molecule has 2 heteroatoms. The molecular formula is C17H28O2. The van der Waals surface area contributed by atoms with Crippen molar-refractivity contribution in [1.82, 2.24) is 0 Å². The summed E-state index contributed by atoms with van der Waals surface area (Å²) in [6.07, 6.45) is 13.3. The second-order valence-electron chi connectivity index (χ2n) is 4.63. The standard InChI is InChI=1S/C17H28O2/c1-5-7-9-11-13-15(3)16(4)17(18)19-14-12-10-8-6-2/h7-10H,5-6,11-14H2,1-4H3/b9-7+,10-8+,16-15-. The molecule has 0 atom stereocenters. The molecule has 0 rings (SSSR count). The maximum absolute atomic E-state index is 11.8. The molecule has 0 fully saturated rings. The molecule has 0 aliphatic rings. The molecular weight excluding hydrogens is 236 g/mol. The zero-order valence-electron chi connectivity index (χ0n) is 12.9. The number of carbonyl (C=O) groups is 1. The van der Waals surface area contributed by atoms with Crippen molar-refractivity contribution in [2.24, 2.45) is 0 Å². The fourth-order valence-corrected chi connectivity index (χ4v) is 1.56. The van der Waals surface area contributed by atoms with Gasteiger partial charge in [0, 0.05) is 5.57 Å². The van der Waals surface area contributed by atoms with Crippen LogP contribution >= 0.6 is 0 Å². The van der Waals surface area contributed by atoms with Crippen LogP contribution in [-0.4, -0.2) is 12.6 Å². The first-order valence-electron chi connectivity index (χ1n) is 7.26. The lowest BCUT2D eigenvalue weighted by Crippen LogP contribution is -2.08. The highest BCUT2D eigenvalue weighted by atomic mass is 16.5. The Labute approximate surface area is 118 Å². The van der Waals surface area contributed by atoms with E-state index < -0.39 is 0 Å². The molecule has 0 spiro atoms. The second-order valence-corrected chi connectivity index (χ2v) is 4.63. The maximum Gasteiger partial charge on any atom is 0.333 e. The minimum atomic E-state index is -0.179. The Hall–Kier alpha value is -1.31. The van der Waals surface area contributed by atoms with Gasteiger partial charge in [-0.3, -0.25) is 0 Å². The highest BCUT2D eigenvalue weighted by molar-refractivity contribution is 5.88. The molecule has 0 amide bonds. The number of ether oxygens (including phenoxy) is 1. The van der Waals surface area contributed by atoms with Gasteiger partial charge in [-0.2, -0.15) is 0 Å². The molecule has 0 aliphatic carbocycles. The third kappa shape index (κ3) is 9.29. The quantitative estimate of drug-likeness (QED) is 0.254. The number of esters is 1. The van der Waals surface area contributed by atoms with E-state index in [2.05, 4.69) is 38.2 Å². The van der Waals surface area contributed by atoms with Gasteiger partial charge in [-0.1, -0.05) is 43.7 Å². The van der Waals surface area contributed by atoms with Crippen LogP contribution in [0.1, 0.15) is 59.8 Å². The Kier molecular flexibility index (Phi) is 11.0. The predicted molar refractivity (Wildman–Crippen MR) is 82.0 cm³/mol. The normalized spacial score (nSPS) is 13.1. The summed E-state index contributed by atoms with van der Waals surface area (Å²) in [6, 6.07) is 0. The lowest BCUT2D eigenvalue weighted by Gasteiger charge is -2.07. The van der Waals surface area contributed by atoms with E-state index in [9.17, 15) is 4.79 Å². The number of hydrogen-bond acceptors (Lipinski definition) is 2. The van der Waals surface area contributed by atoms with Gasteiger partial charge in [0.05, 0.1) is 6.61 Å². The van der Waals surface area contributed by atoms with Gasteiger partial charge in [-0.25, -0.2) is 4.79 Å². The summed E-state index contributed by atoms with van der Waals surface area (Å²) in [4.78, 5) is 11.8. The SMILES string of the molecule is CC/C=C/CCOC(=O)/C(C)=C(/C)CC/C=C/CC. The van der Waals surface area contributed by atoms with E-state index in [1.54, 1.807) is 0 Å². The molecule has 0 aliphatic heterocycles. The molecule has 0 radical (unpaired) electrons. The van der Waals surface area contributed by atoms with E-state index in [1.165, 1.54) is 0 Å². The van der Waals surface area contributed by atoms with Crippen LogP contribution < -0.4 is 0 Å². The fourth-order valence-electron chi connectivity index (χ4n) is 1.56. The molecule has 0 saturated heterocycles. The van der Waals surface area contributed by atoms with Crippen molar-refractivity contribution in [1.29, 1.82) is 0 Å². The Balaban J connectivity index is 4.06. The van der Waals surface area contributed by atoms with Crippen LogP contribution in [0.15, 0.2) is 35.5 Å². The highest BCUT2D eigenvalue weighted by Gasteiger charge is 2.08. The largest absolute Gasteiger partial charge is 0.462 e. The number of hydrogen-bond donors (Lipinski definition) is 0. The van der Waals surface area contributed by atoms with E-state index in [0.29, 0.717) is 6.61 Å². The van der Waals surface area contributed by atoms with Crippen LogP contribution in [0.3, 0.4) is 0 Å². The first-order valence-corrected chi connectivity index (χ1v) is 7.26. The zero-order chi connectivity index (χ0) is 14.5. The average molecular weight is 264 g/mol. The van der Waals surface area contributed by atoms with Gasteiger partial charge in [0.2, 0.25) is 0 Å². The maximum atomic E-state index is 11.8. The smallest absolute Gasteiger partial charge is 0.333 e. The molecule has 0 unspecified atom stereocenters. The monoisotopic (exact) mass is 264 g/mol. The molecule has 2 nitrogen and oxygen atoms in total. The zero-order valence-corrected chi connectivity index (χ0v) is 12.9. The van der Waals surface area contributed by atoms with E-state index in [4.69, 9.17) is 4.74 Å². The third-order valence-electron chi connectivity index (χ3n) is 2.95. The third-order valence-corrected chi connectivity index (χ3v) is 2.95. The Morgan fingerprint density at radius 2 is 1.53 bits per heavy atom. The van der Waals surface area contributed by atoms with Crippen molar-refractivity contribution < 1.29 is 9.53 Å². The first-order chi connectivity index (χ1) is 9.13. The van der Waals surface area contributed by atoms with Gasteiger partial charge in [0.15, 0.2) is 0 Å². The molecule has 0 saturated carbocycles. The van der Waals surface area contributed by atoms with Crippen LogP contribution in [0, 0.1) is 0 Å². The highest BCUT2D eigenvalue weighted by Crippen LogP contribution is 2.12. The van der Waals surface area contributed by atoms with Gasteiger partial charge in [0.25, 0.3) is 0 Å². The van der Waals surface area contributed by atoms with Crippen LogP contribution in [0.4, 0.5) is 0 Å². The van der Waals surface area contributed by atoms with E-state index in [-0.39, 0.29) is 5.97 Å². The molecule has 0 aromatic rings. The molecule has 19 heavy (non-hydrogen) atoms. The fraction of sp³-hybridized carbons (Fsp3) is 0.588. The van der Waals surface area contributed by atoms with Crippen molar-refractivity contribution in [2.75, 3.05) is 6.61 Å². The van der Waals surface area contributed by atoms with Gasteiger partial charge >= 0.3 is 5.97 Å². The Morgan fingerprint density at radius 1 is 0.947 bits per heavy atom. The Morgan fingerprint density at radius 3 is 2.11 bits per heavy atom.